The van der Waals surface area contributed by atoms with Crippen LogP contribution in [0.15, 0.2) is 24.3 Å². The number of rotatable bonds is 10. The Balaban J connectivity index is 0.000000905. The number of nitrogens with one attached hydrogen (secondary N) is 1. The predicted molar refractivity (Wildman–Crippen MR) is 139 cm³/mol. The molecule has 0 aromatic heterocycles. The number of hydrogen-bond acceptors (Lipinski definition) is 6. The predicted octanol–water partition coefficient (Wildman–Crippen LogP) is 2.60. The first-order chi connectivity index (χ1) is 16.4. The van der Waals surface area contributed by atoms with Crippen LogP contribution in [-0.4, -0.2) is 91.2 Å². The van der Waals surface area contributed by atoms with Crippen LogP contribution >= 0.6 is 0 Å². The molecular formula is C26H44N4O5. The molecule has 1 aliphatic rings. The summed E-state index contributed by atoms with van der Waals surface area (Å²) in [6.45, 7) is 15.6. The third-order valence-corrected chi connectivity index (χ3v) is 6.10. The van der Waals surface area contributed by atoms with E-state index in [1.807, 2.05) is 0 Å². The van der Waals surface area contributed by atoms with Crippen molar-refractivity contribution < 1.29 is 24.6 Å². The van der Waals surface area contributed by atoms with Crippen molar-refractivity contribution in [2.75, 3.05) is 58.3 Å². The summed E-state index contributed by atoms with van der Waals surface area (Å²) in [6, 6.07) is 8.97. The summed E-state index contributed by atoms with van der Waals surface area (Å²) >= 11 is 0. The van der Waals surface area contributed by atoms with Gasteiger partial charge in [0.15, 0.2) is 0 Å². The van der Waals surface area contributed by atoms with Crippen LogP contribution in [0.3, 0.4) is 0 Å². The molecule has 0 aliphatic carbocycles. The van der Waals surface area contributed by atoms with Gasteiger partial charge in [0.05, 0.1) is 0 Å². The summed E-state index contributed by atoms with van der Waals surface area (Å²) in [5, 5.41) is 18.0. The lowest BCUT2D eigenvalue weighted by atomic mass is 9.91. The second-order valence-corrected chi connectivity index (χ2v) is 10.1. The molecule has 0 bridgehead atoms. The maximum absolute atomic E-state index is 12.6. The number of carbonyl (C=O) groups is 3. The summed E-state index contributed by atoms with van der Waals surface area (Å²) in [4.78, 5) is 37.8. The van der Waals surface area contributed by atoms with Crippen molar-refractivity contribution in [3.63, 3.8) is 0 Å². The Morgan fingerprint density at radius 2 is 1.51 bits per heavy atom. The first-order valence-corrected chi connectivity index (χ1v) is 12.3. The van der Waals surface area contributed by atoms with Crippen LogP contribution in [0.2, 0.25) is 0 Å². The average molecular weight is 493 g/mol. The van der Waals surface area contributed by atoms with Crippen LogP contribution in [0.5, 0.6) is 0 Å². The fourth-order valence-corrected chi connectivity index (χ4v) is 4.40. The van der Waals surface area contributed by atoms with Crippen molar-refractivity contribution >= 4 is 23.5 Å². The number of piperidine rings is 1. The number of benzene rings is 1. The zero-order valence-electron chi connectivity index (χ0n) is 22.2. The fourth-order valence-electron chi connectivity index (χ4n) is 4.40. The van der Waals surface area contributed by atoms with Crippen molar-refractivity contribution in [2.24, 2.45) is 11.3 Å². The van der Waals surface area contributed by atoms with E-state index >= 15 is 0 Å². The second-order valence-electron chi connectivity index (χ2n) is 10.1. The highest BCUT2D eigenvalue weighted by Crippen LogP contribution is 2.22. The molecule has 9 heteroatoms. The molecule has 0 unspecified atom stereocenters. The standard InChI is InChI=1S/C24H42N4O.C2H2O4/c1-7-28(8-2)22-11-9-20(10-12-22)17-27-15-13-21(14-16-27)23(29)25-18-24(3,4)19-26(5)6;3-1(4)2(5)6/h9-12,21H,7-8,13-19H2,1-6H3,(H,25,29);(H,3,4)(H,5,6). The molecule has 1 heterocycles. The van der Waals surface area contributed by atoms with Gasteiger partial charge in [0.25, 0.3) is 0 Å². The Kier molecular flexibility index (Phi) is 12.7. The molecule has 3 N–H and O–H groups in total. The Morgan fingerprint density at radius 1 is 1.00 bits per heavy atom. The monoisotopic (exact) mass is 492 g/mol. The number of aliphatic carboxylic acids is 2. The lowest BCUT2D eigenvalue weighted by Crippen LogP contribution is -2.44. The molecule has 1 aromatic rings. The van der Waals surface area contributed by atoms with Gasteiger partial charge < -0.3 is 25.3 Å². The smallest absolute Gasteiger partial charge is 0.414 e. The summed E-state index contributed by atoms with van der Waals surface area (Å²) in [5.41, 5.74) is 2.75. The second kappa shape index (κ2) is 14.7. The van der Waals surface area contributed by atoms with Gasteiger partial charge in [0.2, 0.25) is 5.91 Å². The number of carbonyl (C=O) groups excluding carboxylic acids is 1. The number of carboxylic acid groups (broad SMARTS) is 2. The molecule has 0 radical (unpaired) electrons. The normalized spacial score (nSPS) is 14.7. The van der Waals surface area contributed by atoms with Crippen LogP contribution in [0.1, 0.15) is 46.1 Å². The number of anilines is 1. The molecule has 1 aromatic carbocycles. The van der Waals surface area contributed by atoms with Crippen LogP contribution in [0, 0.1) is 11.3 Å². The third kappa shape index (κ3) is 11.6. The highest BCUT2D eigenvalue weighted by atomic mass is 16.4. The van der Waals surface area contributed by atoms with E-state index in [0.717, 1.165) is 58.7 Å². The molecule has 1 aliphatic heterocycles. The Morgan fingerprint density at radius 3 is 1.94 bits per heavy atom. The van der Waals surface area contributed by atoms with E-state index in [1.54, 1.807) is 0 Å². The molecule has 198 valence electrons. The van der Waals surface area contributed by atoms with Crippen LogP contribution in [-0.2, 0) is 20.9 Å². The Bertz CT molecular complexity index is 786. The van der Waals surface area contributed by atoms with E-state index in [4.69, 9.17) is 19.8 Å². The van der Waals surface area contributed by atoms with Gasteiger partial charge in [0.1, 0.15) is 0 Å². The van der Waals surface area contributed by atoms with Crippen molar-refractivity contribution in [1.82, 2.24) is 15.1 Å². The molecule has 0 spiro atoms. The number of carboxylic acids is 2. The van der Waals surface area contributed by atoms with E-state index in [1.165, 1.54) is 11.3 Å². The molecular weight excluding hydrogens is 448 g/mol. The lowest BCUT2D eigenvalue weighted by molar-refractivity contribution is -0.159. The van der Waals surface area contributed by atoms with Crippen molar-refractivity contribution in [3.8, 4) is 0 Å². The highest BCUT2D eigenvalue weighted by molar-refractivity contribution is 6.27. The minimum Gasteiger partial charge on any atom is -0.473 e. The topological polar surface area (TPSA) is 113 Å². The maximum Gasteiger partial charge on any atom is 0.414 e. The summed E-state index contributed by atoms with van der Waals surface area (Å²) in [5.74, 6) is -3.25. The SMILES string of the molecule is CCN(CC)c1ccc(CN2CCC(C(=O)NCC(C)(C)CN(C)C)CC2)cc1.O=C(O)C(=O)O. The van der Waals surface area contributed by atoms with Crippen LogP contribution < -0.4 is 10.2 Å². The van der Waals surface area contributed by atoms with Gasteiger partial charge in [-0.05, 0) is 77.0 Å². The van der Waals surface area contributed by atoms with Crippen LogP contribution in [0.25, 0.3) is 0 Å². The van der Waals surface area contributed by atoms with E-state index < -0.39 is 11.9 Å². The van der Waals surface area contributed by atoms with E-state index in [-0.39, 0.29) is 17.2 Å². The number of hydrogen-bond donors (Lipinski definition) is 3. The molecule has 0 saturated carbocycles. The quantitative estimate of drug-likeness (QED) is 0.427. The lowest BCUT2D eigenvalue weighted by Gasteiger charge is -2.33. The number of likely N-dealkylation sites (tertiary alicyclic amines) is 1. The fraction of sp³-hybridized carbons (Fsp3) is 0.654. The summed E-state index contributed by atoms with van der Waals surface area (Å²) in [7, 11) is 4.16. The highest BCUT2D eigenvalue weighted by Gasteiger charge is 2.27. The molecule has 35 heavy (non-hydrogen) atoms. The minimum atomic E-state index is -1.82. The molecule has 0 atom stereocenters. The molecule has 1 fully saturated rings. The van der Waals surface area contributed by atoms with Crippen molar-refractivity contribution in [1.29, 1.82) is 0 Å². The maximum atomic E-state index is 12.6. The molecule has 1 saturated heterocycles. The first kappa shape index (κ1) is 30.4. The van der Waals surface area contributed by atoms with Gasteiger partial charge in [-0.1, -0.05) is 26.0 Å². The van der Waals surface area contributed by atoms with E-state index in [9.17, 15) is 4.79 Å². The molecule has 2 rings (SSSR count). The number of nitrogens with zero attached hydrogens (tertiary/aromatic N) is 3. The first-order valence-electron chi connectivity index (χ1n) is 12.3. The van der Waals surface area contributed by atoms with Gasteiger partial charge >= 0.3 is 11.9 Å². The zero-order valence-corrected chi connectivity index (χ0v) is 22.2. The number of amides is 1. The molecule has 9 nitrogen and oxygen atoms in total. The average Bonchev–Trinajstić information content (AvgIpc) is 2.79. The van der Waals surface area contributed by atoms with Crippen molar-refractivity contribution in [3.05, 3.63) is 29.8 Å². The van der Waals surface area contributed by atoms with Crippen LogP contribution in [0.4, 0.5) is 5.69 Å². The van der Waals surface area contributed by atoms with Gasteiger partial charge in [-0.15, -0.1) is 0 Å². The Labute approximate surface area is 210 Å². The summed E-state index contributed by atoms with van der Waals surface area (Å²) < 4.78 is 0. The van der Waals surface area contributed by atoms with E-state index in [0.29, 0.717) is 0 Å². The van der Waals surface area contributed by atoms with E-state index in [2.05, 4.69) is 86.1 Å². The van der Waals surface area contributed by atoms with Gasteiger partial charge in [-0.3, -0.25) is 9.69 Å². The zero-order chi connectivity index (χ0) is 26.6. The van der Waals surface area contributed by atoms with Gasteiger partial charge in [-0.2, -0.15) is 0 Å². The minimum absolute atomic E-state index is 0.0944. The molecule has 1 amide bonds. The van der Waals surface area contributed by atoms with Crippen molar-refractivity contribution in [2.45, 2.75) is 47.1 Å². The third-order valence-electron chi connectivity index (χ3n) is 6.10. The summed E-state index contributed by atoms with van der Waals surface area (Å²) in [6.07, 6.45) is 1.91. The van der Waals surface area contributed by atoms with Gasteiger partial charge in [0, 0.05) is 44.3 Å². The Hall–Kier alpha value is -2.65. The largest absolute Gasteiger partial charge is 0.473 e. The van der Waals surface area contributed by atoms with Gasteiger partial charge in [-0.25, -0.2) is 9.59 Å².